The number of ether oxygens (including phenoxy) is 3. The Morgan fingerprint density at radius 2 is 1.97 bits per heavy atom. The van der Waals surface area contributed by atoms with E-state index in [1.165, 1.54) is 17.7 Å². The number of aromatic nitrogens is 2. The van der Waals surface area contributed by atoms with Crippen molar-refractivity contribution in [3.8, 4) is 0 Å². The Kier molecular flexibility index (Phi) is 7.06. The summed E-state index contributed by atoms with van der Waals surface area (Å²) in [4.78, 5) is 27.0. The summed E-state index contributed by atoms with van der Waals surface area (Å²) in [7, 11) is 0. The Morgan fingerprint density at radius 3 is 2.61 bits per heavy atom. The van der Waals surface area contributed by atoms with Crippen LogP contribution >= 0.6 is 11.6 Å². The highest BCUT2D eigenvalue weighted by Crippen LogP contribution is 2.44. The number of aliphatic hydroxyl groups excluding tert-OH is 3. The Bertz CT molecular complexity index is 1090. The van der Waals surface area contributed by atoms with E-state index < -0.39 is 53.9 Å². The molecule has 11 heteroatoms. The second kappa shape index (κ2) is 9.67. The molecule has 180 valence electrons. The maximum absolute atomic E-state index is 12.8. The largest absolute Gasteiger partial charge is 0.396 e. The smallest absolute Gasteiger partial charge is 0.330 e. The molecular weight excluding hydrogens is 456 g/mol. The summed E-state index contributed by atoms with van der Waals surface area (Å²) in [5.74, 6) is -0.610. The van der Waals surface area contributed by atoms with Gasteiger partial charge in [-0.2, -0.15) is 0 Å². The van der Waals surface area contributed by atoms with Crippen LogP contribution in [-0.2, 0) is 26.5 Å². The summed E-state index contributed by atoms with van der Waals surface area (Å²) in [5.41, 5.74) is -1.71. The Hall–Kier alpha value is -2.05. The Balaban J connectivity index is 1.66. The summed E-state index contributed by atoms with van der Waals surface area (Å²) in [5, 5.41) is 31.0. The van der Waals surface area contributed by atoms with Crippen molar-refractivity contribution in [1.29, 1.82) is 0 Å². The van der Waals surface area contributed by atoms with Crippen molar-refractivity contribution < 1.29 is 29.5 Å². The number of nitrogens with zero attached hydrogens (tertiary/aromatic N) is 1. The quantitative estimate of drug-likeness (QED) is 0.428. The zero-order valence-electron chi connectivity index (χ0n) is 18.0. The summed E-state index contributed by atoms with van der Waals surface area (Å²) >= 11 is 5.92. The number of rotatable bonds is 7. The first-order valence-corrected chi connectivity index (χ1v) is 11.0. The maximum atomic E-state index is 12.8. The van der Waals surface area contributed by atoms with Crippen LogP contribution in [0.5, 0.6) is 0 Å². The molecule has 33 heavy (non-hydrogen) atoms. The number of hydrogen-bond acceptors (Lipinski definition) is 8. The van der Waals surface area contributed by atoms with Crippen molar-refractivity contribution in [3.05, 3.63) is 67.4 Å². The first-order chi connectivity index (χ1) is 15.8. The third kappa shape index (κ3) is 4.52. The monoisotopic (exact) mass is 482 g/mol. The fraction of sp³-hybridized carbons (Fsp3) is 0.545. The van der Waals surface area contributed by atoms with E-state index in [1.54, 1.807) is 12.1 Å². The molecule has 1 unspecified atom stereocenters. The minimum absolute atomic E-state index is 0.0886. The van der Waals surface area contributed by atoms with Gasteiger partial charge in [0.15, 0.2) is 5.72 Å². The molecule has 0 spiro atoms. The molecule has 2 fully saturated rings. The van der Waals surface area contributed by atoms with Gasteiger partial charge in [0.2, 0.25) is 0 Å². The van der Waals surface area contributed by atoms with Crippen LogP contribution in [0.3, 0.4) is 0 Å². The van der Waals surface area contributed by atoms with E-state index >= 15 is 0 Å². The maximum Gasteiger partial charge on any atom is 0.330 e. The molecule has 2 aliphatic rings. The molecule has 0 radical (unpaired) electrons. The minimum atomic E-state index is -1.56. The molecular formula is C22H27ClN2O8. The van der Waals surface area contributed by atoms with Crippen LogP contribution < -0.4 is 11.2 Å². The number of benzene rings is 1. The number of aryl methyl sites for hydroxylation is 1. The SMILES string of the molecule is Cc1cn([C@@]2(C3OC[C@@H](OCc4ccc(Cl)cc4)[C@H]3CO)C[C@H](O)[C@@H](CO)O2)c(=O)[nH]c1=O. The summed E-state index contributed by atoms with van der Waals surface area (Å²) in [6, 6.07) is 7.16. The second-order valence-corrected chi connectivity index (χ2v) is 8.91. The van der Waals surface area contributed by atoms with Gasteiger partial charge >= 0.3 is 5.69 Å². The minimum Gasteiger partial charge on any atom is -0.396 e. The van der Waals surface area contributed by atoms with Crippen molar-refractivity contribution >= 4 is 11.6 Å². The lowest BCUT2D eigenvalue weighted by atomic mass is 9.88. The Labute approximate surface area is 194 Å². The van der Waals surface area contributed by atoms with E-state index in [9.17, 15) is 24.9 Å². The van der Waals surface area contributed by atoms with Crippen LogP contribution in [0, 0.1) is 12.8 Å². The highest BCUT2D eigenvalue weighted by Gasteiger charge is 2.59. The molecule has 2 aliphatic heterocycles. The molecule has 0 saturated carbocycles. The van der Waals surface area contributed by atoms with Gasteiger partial charge in [-0.05, 0) is 24.6 Å². The van der Waals surface area contributed by atoms with E-state index in [4.69, 9.17) is 25.8 Å². The third-order valence-electron chi connectivity index (χ3n) is 6.33. The van der Waals surface area contributed by atoms with Crippen LogP contribution in [0.1, 0.15) is 17.5 Å². The van der Waals surface area contributed by atoms with Gasteiger partial charge in [-0.25, -0.2) is 4.79 Å². The van der Waals surface area contributed by atoms with Crippen molar-refractivity contribution in [2.45, 2.75) is 50.1 Å². The first kappa shape index (κ1) is 24.1. The molecule has 4 N–H and O–H groups in total. The molecule has 0 bridgehead atoms. The number of H-pyrrole nitrogens is 1. The number of nitrogens with one attached hydrogen (secondary N) is 1. The van der Waals surface area contributed by atoms with Crippen molar-refractivity contribution in [3.63, 3.8) is 0 Å². The summed E-state index contributed by atoms with van der Waals surface area (Å²) in [6.07, 6.45) is -2.23. The van der Waals surface area contributed by atoms with E-state index in [-0.39, 0.29) is 31.8 Å². The lowest BCUT2D eigenvalue weighted by molar-refractivity contribution is -0.194. The van der Waals surface area contributed by atoms with E-state index in [0.717, 1.165) is 5.56 Å². The fourth-order valence-corrected chi connectivity index (χ4v) is 4.70. The highest BCUT2D eigenvalue weighted by molar-refractivity contribution is 6.30. The van der Waals surface area contributed by atoms with Crippen LogP contribution in [0.2, 0.25) is 5.02 Å². The summed E-state index contributed by atoms with van der Waals surface area (Å²) in [6.45, 7) is 1.09. The molecule has 0 aliphatic carbocycles. The predicted octanol–water partition coefficient (Wildman–Crippen LogP) is -0.114. The first-order valence-electron chi connectivity index (χ1n) is 10.7. The highest BCUT2D eigenvalue weighted by atomic mass is 35.5. The second-order valence-electron chi connectivity index (χ2n) is 8.47. The van der Waals surface area contributed by atoms with Gasteiger partial charge in [-0.1, -0.05) is 23.7 Å². The average Bonchev–Trinajstić information content (AvgIpc) is 3.36. The number of aromatic amines is 1. The zero-order valence-corrected chi connectivity index (χ0v) is 18.8. The van der Waals surface area contributed by atoms with Crippen molar-refractivity contribution in [2.75, 3.05) is 19.8 Å². The van der Waals surface area contributed by atoms with Crippen LogP contribution in [0.4, 0.5) is 0 Å². The number of aliphatic hydroxyl groups is 3. The van der Waals surface area contributed by atoms with E-state index in [0.29, 0.717) is 5.02 Å². The lowest BCUT2D eigenvalue weighted by Gasteiger charge is -2.38. The van der Waals surface area contributed by atoms with Crippen LogP contribution in [-0.4, -0.2) is 69.1 Å². The average molecular weight is 483 g/mol. The topological polar surface area (TPSA) is 143 Å². The fourth-order valence-electron chi connectivity index (χ4n) is 4.58. The number of halogens is 1. The van der Waals surface area contributed by atoms with Gasteiger partial charge in [0, 0.05) is 29.1 Å². The van der Waals surface area contributed by atoms with Crippen molar-refractivity contribution in [2.24, 2.45) is 5.92 Å². The van der Waals surface area contributed by atoms with Gasteiger partial charge < -0.3 is 29.5 Å². The third-order valence-corrected chi connectivity index (χ3v) is 6.59. The standard InChI is InChI=1S/C22H27ClN2O8/c1-12-7-25(21(30)24-20(12)29)22(6-16(28)17(9-27)33-22)19-15(8-26)18(11-32-19)31-10-13-2-4-14(23)5-3-13/h2-5,7,15-19,26-28H,6,8-11H2,1H3,(H,24,29,30)/t15-,16+,17-,18-,19?,22+/m1/s1. The summed E-state index contributed by atoms with van der Waals surface area (Å²) < 4.78 is 19.2. The van der Waals surface area contributed by atoms with Gasteiger partial charge in [0.1, 0.15) is 12.2 Å². The molecule has 0 amide bonds. The normalized spacial score (nSPS) is 31.8. The lowest BCUT2D eigenvalue weighted by Crippen LogP contribution is -2.55. The van der Waals surface area contributed by atoms with Crippen molar-refractivity contribution in [1.82, 2.24) is 9.55 Å². The van der Waals surface area contributed by atoms with E-state index in [1.807, 2.05) is 12.1 Å². The van der Waals surface area contributed by atoms with Gasteiger partial charge in [-0.3, -0.25) is 14.3 Å². The Morgan fingerprint density at radius 1 is 1.24 bits per heavy atom. The van der Waals surface area contributed by atoms with E-state index in [2.05, 4.69) is 4.98 Å². The molecule has 10 nitrogen and oxygen atoms in total. The molecule has 3 heterocycles. The molecule has 6 atom stereocenters. The van der Waals surface area contributed by atoms with Gasteiger partial charge in [-0.15, -0.1) is 0 Å². The molecule has 1 aromatic heterocycles. The predicted molar refractivity (Wildman–Crippen MR) is 117 cm³/mol. The van der Waals surface area contributed by atoms with Gasteiger partial charge in [0.25, 0.3) is 5.56 Å². The molecule has 1 aromatic carbocycles. The molecule has 2 aromatic rings. The molecule has 4 rings (SSSR count). The molecule has 2 saturated heterocycles. The van der Waals surface area contributed by atoms with Gasteiger partial charge in [0.05, 0.1) is 38.6 Å². The number of hydrogen-bond donors (Lipinski definition) is 4. The van der Waals surface area contributed by atoms with Crippen LogP contribution in [0.25, 0.3) is 0 Å². The zero-order chi connectivity index (χ0) is 23.8. The van der Waals surface area contributed by atoms with Crippen LogP contribution in [0.15, 0.2) is 40.1 Å².